The van der Waals surface area contributed by atoms with Crippen LogP contribution in [0.3, 0.4) is 0 Å². The molecular weight excluding hydrogens is 304 g/mol. The normalized spacial score (nSPS) is 11.4. The highest BCUT2D eigenvalue weighted by molar-refractivity contribution is 7.13. The number of rotatable bonds is 7. The number of thiophene rings is 1. The van der Waals surface area contributed by atoms with Gasteiger partial charge in [-0.15, -0.1) is 11.3 Å². The Labute approximate surface area is 132 Å². The van der Waals surface area contributed by atoms with Crippen LogP contribution in [0.1, 0.15) is 26.0 Å². The number of hydrogen-bond donors (Lipinski definition) is 2. The molecule has 0 aromatic carbocycles. The summed E-state index contributed by atoms with van der Waals surface area (Å²) in [4.78, 5) is 28.0. The number of nitrogens with zero attached hydrogens (tertiary/aromatic N) is 1. The van der Waals surface area contributed by atoms with Gasteiger partial charge in [-0.25, -0.2) is 4.98 Å². The van der Waals surface area contributed by atoms with Gasteiger partial charge in [-0.1, -0.05) is 6.07 Å². The first kappa shape index (κ1) is 16.2. The number of nitrogens with one attached hydrogen (secondary N) is 1. The summed E-state index contributed by atoms with van der Waals surface area (Å²) in [6, 6.07) is 3.80. The van der Waals surface area contributed by atoms with Crippen molar-refractivity contribution in [2.24, 2.45) is 5.41 Å². The third kappa shape index (κ3) is 4.17. The molecule has 0 radical (unpaired) electrons. The van der Waals surface area contributed by atoms with Crippen LogP contribution in [0.15, 0.2) is 28.2 Å². The smallest absolute Gasteiger partial charge is 0.309 e. The fourth-order valence-corrected chi connectivity index (χ4v) is 2.41. The van der Waals surface area contributed by atoms with Crippen LogP contribution in [0, 0.1) is 5.41 Å². The summed E-state index contributed by atoms with van der Waals surface area (Å²) in [5, 5.41) is 13.6. The monoisotopic (exact) mass is 322 g/mol. The van der Waals surface area contributed by atoms with Gasteiger partial charge in [0.1, 0.15) is 6.26 Å². The molecule has 22 heavy (non-hydrogen) atoms. The van der Waals surface area contributed by atoms with Crippen molar-refractivity contribution >= 4 is 23.2 Å². The van der Waals surface area contributed by atoms with E-state index >= 15 is 0 Å². The summed E-state index contributed by atoms with van der Waals surface area (Å²) in [6.45, 7) is 3.58. The second-order valence-corrected chi connectivity index (χ2v) is 6.53. The fourth-order valence-electron chi connectivity index (χ4n) is 1.75. The van der Waals surface area contributed by atoms with E-state index < -0.39 is 11.4 Å². The zero-order chi connectivity index (χ0) is 16.2. The standard InChI is InChI=1S/C15H18N2O4S/c1-15(2,14(19)20)5-6-16-12(18)8-10-9-21-13(17-10)11-4-3-7-22-11/h3-4,7,9H,5-6,8H2,1-2H3,(H,16,18)(H,19,20). The third-order valence-corrected chi connectivity index (χ3v) is 4.13. The van der Waals surface area contributed by atoms with Crippen LogP contribution >= 0.6 is 11.3 Å². The molecule has 0 aliphatic rings. The Morgan fingerprint density at radius 2 is 2.23 bits per heavy atom. The quantitative estimate of drug-likeness (QED) is 0.817. The molecule has 6 nitrogen and oxygen atoms in total. The largest absolute Gasteiger partial charge is 0.481 e. The number of aromatic nitrogens is 1. The Bertz CT molecular complexity index is 646. The van der Waals surface area contributed by atoms with Gasteiger partial charge < -0.3 is 14.8 Å². The number of aliphatic carboxylic acids is 1. The lowest BCUT2D eigenvalue weighted by Gasteiger charge is -2.18. The predicted octanol–water partition coefficient (Wildman–Crippen LogP) is 2.56. The minimum atomic E-state index is -0.876. The first-order valence-corrected chi connectivity index (χ1v) is 7.75. The van der Waals surface area contributed by atoms with E-state index in [0.29, 0.717) is 24.6 Å². The Hall–Kier alpha value is -2.15. The van der Waals surface area contributed by atoms with E-state index in [1.165, 1.54) is 17.6 Å². The van der Waals surface area contributed by atoms with Crippen molar-refractivity contribution in [3.8, 4) is 10.8 Å². The van der Waals surface area contributed by atoms with Crippen molar-refractivity contribution < 1.29 is 19.1 Å². The van der Waals surface area contributed by atoms with Crippen LogP contribution in [-0.4, -0.2) is 28.5 Å². The van der Waals surface area contributed by atoms with E-state index in [0.717, 1.165) is 4.88 Å². The maximum Gasteiger partial charge on any atom is 0.309 e. The van der Waals surface area contributed by atoms with Gasteiger partial charge in [0.05, 0.1) is 22.4 Å². The molecular formula is C15H18N2O4S. The summed E-state index contributed by atoms with van der Waals surface area (Å²) in [7, 11) is 0. The van der Waals surface area contributed by atoms with E-state index in [9.17, 15) is 9.59 Å². The molecule has 0 bridgehead atoms. The number of carboxylic acid groups (broad SMARTS) is 1. The fraction of sp³-hybridized carbons (Fsp3) is 0.400. The Balaban J connectivity index is 1.82. The molecule has 2 N–H and O–H groups in total. The Kier molecular flexibility index (Phi) is 4.97. The van der Waals surface area contributed by atoms with E-state index in [-0.39, 0.29) is 12.3 Å². The average Bonchev–Trinajstić information content (AvgIpc) is 3.08. The molecule has 0 saturated carbocycles. The van der Waals surface area contributed by atoms with Gasteiger partial charge in [-0.2, -0.15) is 0 Å². The van der Waals surface area contributed by atoms with Crippen molar-refractivity contribution in [1.82, 2.24) is 10.3 Å². The molecule has 0 spiro atoms. The Morgan fingerprint density at radius 1 is 1.45 bits per heavy atom. The van der Waals surface area contributed by atoms with E-state index in [1.54, 1.807) is 13.8 Å². The third-order valence-electron chi connectivity index (χ3n) is 3.28. The minimum absolute atomic E-state index is 0.113. The average molecular weight is 322 g/mol. The zero-order valence-electron chi connectivity index (χ0n) is 12.5. The zero-order valence-corrected chi connectivity index (χ0v) is 13.3. The van der Waals surface area contributed by atoms with Crippen LogP contribution in [0.5, 0.6) is 0 Å². The van der Waals surface area contributed by atoms with Crippen molar-refractivity contribution in [3.05, 3.63) is 29.5 Å². The molecule has 0 aliphatic carbocycles. The molecule has 0 atom stereocenters. The summed E-state index contributed by atoms with van der Waals surface area (Å²) in [5.41, 5.74) is -0.300. The number of hydrogen-bond acceptors (Lipinski definition) is 5. The van der Waals surface area contributed by atoms with Crippen LogP contribution in [0.25, 0.3) is 10.8 Å². The number of amides is 1. The molecule has 2 aromatic heterocycles. The lowest BCUT2D eigenvalue weighted by atomic mass is 9.90. The SMILES string of the molecule is CC(C)(CCNC(=O)Cc1coc(-c2cccs2)n1)C(=O)O. The van der Waals surface area contributed by atoms with Gasteiger partial charge in [-0.3, -0.25) is 9.59 Å². The highest BCUT2D eigenvalue weighted by Crippen LogP contribution is 2.23. The lowest BCUT2D eigenvalue weighted by molar-refractivity contribution is -0.147. The van der Waals surface area contributed by atoms with Crippen molar-refractivity contribution in [3.63, 3.8) is 0 Å². The minimum Gasteiger partial charge on any atom is -0.481 e. The maximum absolute atomic E-state index is 11.8. The van der Waals surface area contributed by atoms with E-state index in [2.05, 4.69) is 10.3 Å². The van der Waals surface area contributed by atoms with E-state index in [1.807, 2.05) is 17.5 Å². The van der Waals surface area contributed by atoms with Crippen LogP contribution in [0.2, 0.25) is 0 Å². The number of carbonyl (C=O) groups excluding carboxylic acids is 1. The highest BCUT2D eigenvalue weighted by Gasteiger charge is 2.26. The molecule has 0 unspecified atom stereocenters. The second-order valence-electron chi connectivity index (χ2n) is 5.59. The lowest BCUT2D eigenvalue weighted by Crippen LogP contribution is -2.32. The van der Waals surface area contributed by atoms with Crippen molar-refractivity contribution in [1.29, 1.82) is 0 Å². The Morgan fingerprint density at radius 3 is 2.86 bits per heavy atom. The molecule has 2 aromatic rings. The van der Waals surface area contributed by atoms with Crippen LogP contribution < -0.4 is 5.32 Å². The predicted molar refractivity (Wildman–Crippen MR) is 82.6 cm³/mol. The van der Waals surface area contributed by atoms with Gasteiger partial charge in [-0.05, 0) is 31.7 Å². The van der Waals surface area contributed by atoms with Gasteiger partial charge >= 0.3 is 5.97 Å². The van der Waals surface area contributed by atoms with Gasteiger partial charge in [0.25, 0.3) is 0 Å². The number of carboxylic acids is 1. The molecule has 0 aliphatic heterocycles. The summed E-state index contributed by atoms with van der Waals surface area (Å²) in [5.74, 6) is -0.573. The second kappa shape index (κ2) is 6.74. The van der Waals surface area contributed by atoms with Gasteiger partial charge in [0.15, 0.2) is 0 Å². The van der Waals surface area contributed by atoms with Gasteiger partial charge in [0.2, 0.25) is 11.8 Å². The highest BCUT2D eigenvalue weighted by atomic mass is 32.1. The summed E-state index contributed by atoms with van der Waals surface area (Å²) >= 11 is 1.52. The van der Waals surface area contributed by atoms with Crippen molar-refractivity contribution in [2.75, 3.05) is 6.54 Å². The molecule has 0 saturated heterocycles. The van der Waals surface area contributed by atoms with Crippen LogP contribution in [0.4, 0.5) is 0 Å². The molecule has 7 heteroatoms. The number of oxazole rings is 1. The van der Waals surface area contributed by atoms with Gasteiger partial charge in [0, 0.05) is 6.54 Å². The van der Waals surface area contributed by atoms with Crippen LogP contribution in [-0.2, 0) is 16.0 Å². The summed E-state index contributed by atoms with van der Waals surface area (Å²) in [6.07, 6.45) is 1.95. The molecule has 118 valence electrons. The molecule has 2 heterocycles. The first-order valence-electron chi connectivity index (χ1n) is 6.87. The van der Waals surface area contributed by atoms with Crippen molar-refractivity contribution in [2.45, 2.75) is 26.7 Å². The number of carbonyl (C=O) groups is 2. The topological polar surface area (TPSA) is 92.4 Å². The maximum atomic E-state index is 11.8. The molecule has 1 amide bonds. The molecule has 0 fully saturated rings. The summed E-state index contributed by atoms with van der Waals surface area (Å²) < 4.78 is 5.34. The molecule has 2 rings (SSSR count). The first-order chi connectivity index (χ1) is 10.4. The van der Waals surface area contributed by atoms with E-state index in [4.69, 9.17) is 9.52 Å².